The van der Waals surface area contributed by atoms with Crippen LogP contribution in [-0.2, 0) is 0 Å². The normalized spacial score (nSPS) is 10.9. The summed E-state index contributed by atoms with van der Waals surface area (Å²) in [7, 11) is 0. The van der Waals surface area contributed by atoms with E-state index in [-0.39, 0.29) is 0 Å². The van der Waals surface area contributed by atoms with Gasteiger partial charge in [-0.25, -0.2) is 4.98 Å². The highest BCUT2D eigenvalue weighted by molar-refractivity contribution is 7.99. The molecular formula is C17H16N2S. The maximum atomic E-state index is 5.79. The van der Waals surface area contributed by atoms with Gasteiger partial charge in [-0.1, -0.05) is 35.5 Å². The second kappa shape index (κ2) is 5.17. The van der Waals surface area contributed by atoms with Gasteiger partial charge in [-0.3, -0.25) is 0 Å². The topological polar surface area (TPSA) is 38.9 Å². The molecule has 2 N–H and O–H groups in total. The molecule has 0 fully saturated rings. The lowest BCUT2D eigenvalue weighted by Crippen LogP contribution is -1.88. The lowest BCUT2D eigenvalue weighted by atomic mass is 10.2. The third-order valence-corrected chi connectivity index (χ3v) is 4.35. The second-order valence-corrected chi connectivity index (χ2v) is 6.03. The Morgan fingerprint density at radius 2 is 1.80 bits per heavy atom. The van der Waals surface area contributed by atoms with E-state index >= 15 is 0 Å². The van der Waals surface area contributed by atoms with Crippen LogP contribution in [0.2, 0.25) is 0 Å². The molecule has 0 unspecified atom stereocenters. The molecule has 1 heterocycles. The Kier molecular flexibility index (Phi) is 3.36. The lowest BCUT2D eigenvalue weighted by Gasteiger charge is -2.07. The molecule has 3 heteroatoms. The summed E-state index contributed by atoms with van der Waals surface area (Å²) in [6.45, 7) is 4.25. The van der Waals surface area contributed by atoms with Crippen molar-refractivity contribution >= 4 is 28.4 Å². The van der Waals surface area contributed by atoms with Crippen molar-refractivity contribution < 1.29 is 0 Å². The molecule has 2 nitrogen and oxygen atoms in total. The van der Waals surface area contributed by atoms with Gasteiger partial charge < -0.3 is 5.73 Å². The fraction of sp³-hybridized carbons (Fsp3) is 0.118. The van der Waals surface area contributed by atoms with E-state index in [0.717, 1.165) is 21.6 Å². The average molecular weight is 280 g/mol. The molecule has 0 radical (unpaired) electrons. The number of pyridine rings is 1. The predicted molar refractivity (Wildman–Crippen MR) is 86.2 cm³/mol. The number of rotatable bonds is 2. The van der Waals surface area contributed by atoms with Crippen LogP contribution in [0.25, 0.3) is 10.9 Å². The second-order valence-electron chi connectivity index (χ2n) is 4.97. The lowest BCUT2D eigenvalue weighted by molar-refractivity contribution is 1.17. The zero-order chi connectivity index (χ0) is 14.1. The Bertz CT molecular complexity index is 781. The number of hydrogen-bond acceptors (Lipinski definition) is 3. The molecule has 3 aromatic rings. The molecule has 0 aliphatic carbocycles. The highest BCUT2D eigenvalue weighted by Crippen LogP contribution is 2.30. The fourth-order valence-electron chi connectivity index (χ4n) is 2.21. The van der Waals surface area contributed by atoms with Crippen molar-refractivity contribution in [1.29, 1.82) is 0 Å². The Labute approximate surface area is 123 Å². The number of nitrogens with two attached hydrogens (primary N) is 1. The first-order valence-electron chi connectivity index (χ1n) is 6.53. The summed E-state index contributed by atoms with van der Waals surface area (Å²) in [5.41, 5.74) is 10.1. The van der Waals surface area contributed by atoms with Gasteiger partial charge in [-0.2, -0.15) is 0 Å². The van der Waals surface area contributed by atoms with Crippen molar-refractivity contribution in [2.75, 3.05) is 5.73 Å². The largest absolute Gasteiger partial charge is 0.399 e. The molecule has 0 saturated heterocycles. The smallest absolute Gasteiger partial charge is 0.101 e. The van der Waals surface area contributed by atoms with Crippen LogP contribution in [0, 0.1) is 13.8 Å². The molecule has 100 valence electrons. The number of nitrogen functional groups attached to an aromatic ring is 1. The SMILES string of the molecule is Cc1ccc(Sc2ccc3cc(N)ccc3n2)c(C)c1. The first-order valence-corrected chi connectivity index (χ1v) is 7.35. The van der Waals surface area contributed by atoms with Crippen LogP contribution in [0.1, 0.15) is 11.1 Å². The number of aryl methyl sites for hydroxylation is 2. The molecule has 0 saturated carbocycles. The molecule has 0 spiro atoms. The van der Waals surface area contributed by atoms with Gasteiger partial charge in [0.2, 0.25) is 0 Å². The van der Waals surface area contributed by atoms with Gasteiger partial charge >= 0.3 is 0 Å². The molecule has 1 aromatic heterocycles. The van der Waals surface area contributed by atoms with Crippen LogP contribution in [0.15, 0.2) is 58.5 Å². The van der Waals surface area contributed by atoms with Crippen molar-refractivity contribution in [2.45, 2.75) is 23.8 Å². The molecule has 0 aliphatic rings. The number of hydrogen-bond donors (Lipinski definition) is 1. The maximum Gasteiger partial charge on any atom is 0.101 e. The van der Waals surface area contributed by atoms with Gasteiger partial charge in [0, 0.05) is 16.0 Å². The van der Waals surface area contributed by atoms with Crippen LogP contribution in [0.4, 0.5) is 5.69 Å². The number of benzene rings is 2. The van der Waals surface area contributed by atoms with Crippen LogP contribution >= 0.6 is 11.8 Å². The van der Waals surface area contributed by atoms with E-state index in [2.05, 4.69) is 43.1 Å². The fourth-order valence-corrected chi connectivity index (χ4v) is 3.07. The van der Waals surface area contributed by atoms with Crippen molar-refractivity contribution in [3.8, 4) is 0 Å². The Morgan fingerprint density at radius 1 is 0.950 bits per heavy atom. The Hall–Kier alpha value is -2.00. The average Bonchev–Trinajstić information content (AvgIpc) is 2.42. The highest BCUT2D eigenvalue weighted by Gasteiger charge is 2.04. The number of fused-ring (bicyclic) bond motifs is 1. The van der Waals surface area contributed by atoms with E-state index in [0.29, 0.717) is 0 Å². The number of anilines is 1. The first kappa shape index (κ1) is 13.0. The van der Waals surface area contributed by atoms with Crippen molar-refractivity contribution in [3.63, 3.8) is 0 Å². The van der Waals surface area contributed by atoms with Gasteiger partial charge in [0.15, 0.2) is 0 Å². The van der Waals surface area contributed by atoms with Crippen molar-refractivity contribution in [3.05, 3.63) is 59.7 Å². The van der Waals surface area contributed by atoms with Gasteiger partial charge in [-0.05, 0) is 49.7 Å². The maximum absolute atomic E-state index is 5.79. The minimum absolute atomic E-state index is 0.772. The molecular weight excluding hydrogens is 264 g/mol. The van der Waals surface area contributed by atoms with E-state index in [1.165, 1.54) is 16.0 Å². The predicted octanol–water partition coefficient (Wildman–Crippen LogP) is 4.59. The van der Waals surface area contributed by atoms with E-state index in [1.54, 1.807) is 11.8 Å². The summed E-state index contributed by atoms with van der Waals surface area (Å²) in [4.78, 5) is 5.93. The summed E-state index contributed by atoms with van der Waals surface area (Å²) in [6.07, 6.45) is 0. The number of aromatic nitrogens is 1. The van der Waals surface area contributed by atoms with Gasteiger partial charge in [0.05, 0.1) is 5.52 Å². The van der Waals surface area contributed by atoms with E-state index in [9.17, 15) is 0 Å². The molecule has 3 rings (SSSR count). The van der Waals surface area contributed by atoms with Crippen molar-refractivity contribution in [2.24, 2.45) is 0 Å². The van der Waals surface area contributed by atoms with E-state index in [4.69, 9.17) is 5.73 Å². The van der Waals surface area contributed by atoms with E-state index < -0.39 is 0 Å². The van der Waals surface area contributed by atoms with Crippen LogP contribution < -0.4 is 5.73 Å². The summed E-state index contributed by atoms with van der Waals surface area (Å²) in [5.74, 6) is 0. The van der Waals surface area contributed by atoms with Gasteiger partial charge in [0.25, 0.3) is 0 Å². The summed E-state index contributed by atoms with van der Waals surface area (Å²) in [5, 5.41) is 2.09. The third-order valence-electron chi connectivity index (χ3n) is 3.23. The summed E-state index contributed by atoms with van der Waals surface area (Å²) < 4.78 is 0. The summed E-state index contributed by atoms with van der Waals surface area (Å²) in [6, 6.07) is 16.4. The Balaban J connectivity index is 1.96. The molecule has 0 aliphatic heterocycles. The van der Waals surface area contributed by atoms with Crippen LogP contribution in [0.5, 0.6) is 0 Å². The minimum atomic E-state index is 0.772. The van der Waals surface area contributed by atoms with Gasteiger partial charge in [0.1, 0.15) is 5.03 Å². The van der Waals surface area contributed by atoms with Gasteiger partial charge in [-0.15, -0.1) is 0 Å². The minimum Gasteiger partial charge on any atom is -0.399 e. The molecule has 0 atom stereocenters. The third kappa shape index (κ3) is 2.63. The highest BCUT2D eigenvalue weighted by atomic mass is 32.2. The first-order chi connectivity index (χ1) is 9.61. The number of nitrogens with zero attached hydrogens (tertiary/aromatic N) is 1. The zero-order valence-electron chi connectivity index (χ0n) is 11.6. The molecule has 0 bridgehead atoms. The van der Waals surface area contributed by atoms with Crippen molar-refractivity contribution in [1.82, 2.24) is 4.98 Å². The molecule has 2 aromatic carbocycles. The van der Waals surface area contributed by atoms with Crippen LogP contribution in [-0.4, -0.2) is 4.98 Å². The zero-order valence-corrected chi connectivity index (χ0v) is 12.4. The Morgan fingerprint density at radius 3 is 2.60 bits per heavy atom. The molecule has 0 amide bonds. The van der Waals surface area contributed by atoms with E-state index in [1.807, 2.05) is 24.3 Å². The summed E-state index contributed by atoms with van der Waals surface area (Å²) >= 11 is 1.70. The standard InChI is InChI=1S/C17H16N2S/c1-11-3-7-16(12(2)9-11)20-17-8-4-13-10-14(18)5-6-15(13)19-17/h3-10H,18H2,1-2H3. The quantitative estimate of drug-likeness (QED) is 0.698. The molecule has 20 heavy (non-hydrogen) atoms. The van der Waals surface area contributed by atoms with Crippen LogP contribution in [0.3, 0.4) is 0 Å². The monoisotopic (exact) mass is 280 g/mol.